The highest BCUT2D eigenvalue weighted by atomic mass is 35.5. The van der Waals surface area contributed by atoms with Crippen molar-refractivity contribution in [1.29, 1.82) is 0 Å². The first kappa shape index (κ1) is 54.8. The Balaban J connectivity index is 0.000000197. The van der Waals surface area contributed by atoms with Crippen LogP contribution in [0.15, 0.2) is 109 Å². The minimum absolute atomic E-state index is 0. The van der Waals surface area contributed by atoms with Crippen molar-refractivity contribution in [1.82, 2.24) is 40.4 Å². The van der Waals surface area contributed by atoms with Crippen molar-refractivity contribution in [3.05, 3.63) is 148 Å². The summed E-state index contributed by atoms with van der Waals surface area (Å²) in [4.78, 5) is 115. The van der Waals surface area contributed by atoms with Crippen LogP contribution in [0.1, 0.15) is 107 Å². The van der Waals surface area contributed by atoms with Crippen molar-refractivity contribution in [2.75, 3.05) is 10.6 Å². The van der Waals surface area contributed by atoms with E-state index in [0.29, 0.717) is 69.4 Å². The van der Waals surface area contributed by atoms with Crippen molar-refractivity contribution >= 4 is 94.2 Å². The van der Waals surface area contributed by atoms with Crippen LogP contribution in [0.25, 0.3) is 11.4 Å². The number of carbonyl (C=O) groups excluding carboxylic acids is 8. The molecule has 6 amide bonds. The van der Waals surface area contributed by atoms with Gasteiger partial charge >= 0.3 is 7.12 Å². The van der Waals surface area contributed by atoms with E-state index in [2.05, 4.69) is 41.2 Å². The smallest absolute Gasteiger partial charge is 0.423 e. The number of piperidine rings is 2. The second-order valence-corrected chi connectivity index (χ2v) is 17.2. The van der Waals surface area contributed by atoms with Crippen LogP contribution < -0.4 is 26.7 Å². The number of benzene rings is 4. The Labute approximate surface area is 431 Å². The lowest BCUT2D eigenvalue weighted by Gasteiger charge is -2.29. The quantitative estimate of drug-likeness (QED) is 0.0438. The van der Waals surface area contributed by atoms with Crippen LogP contribution in [0.4, 0.5) is 23.0 Å². The summed E-state index contributed by atoms with van der Waals surface area (Å²) in [5.74, 6) is -0.457. The molecule has 2 aromatic heterocycles. The van der Waals surface area contributed by atoms with E-state index in [0.717, 1.165) is 16.7 Å². The molecule has 2 unspecified atom stereocenters. The predicted molar refractivity (Wildman–Crippen MR) is 276 cm³/mol. The summed E-state index contributed by atoms with van der Waals surface area (Å²) in [6, 6.07) is 26.0. The van der Waals surface area contributed by atoms with Crippen LogP contribution in [-0.2, 0) is 32.3 Å². The van der Waals surface area contributed by atoms with Gasteiger partial charge in [-0.1, -0.05) is 75.5 Å². The molecule has 4 aliphatic heterocycles. The van der Waals surface area contributed by atoms with Gasteiger partial charge < -0.3 is 30.5 Å². The van der Waals surface area contributed by atoms with E-state index in [1.165, 1.54) is 42.0 Å². The lowest BCUT2D eigenvalue weighted by Crippen LogP contribution is -2.52. The summed E-state index contributed by atoms with van der Waals surface area (Å²) >= 11 is 5.81. The molecule has 20 nitrogen and oxygen atoms in total. The SMILES string of the molecule is C.C.CC(=O)c1ccc(-c2nccc(Nc3cccc4c3CN(C3CCC(=O)NC3=O)C4=O)n2)cc1.CC(=O)c1ccc(B(O)O)cc1.O=C1CCC(N2Cc3c(Nc4ccnc(Cl)n4)cccc3C2=O)C(=O)N1. The maximum Gasteiger partial charge on any atom is 0.488 e. The van der Waals surface area contributed by atoms with Crippen LogP contribution >= 0.6 is 11.6 Å². The van der Waals surface area contributed by atoms with Gasteiger partial charge in [0.05, 0.1) is 0 Å². The lowest BCUT2D eigenvalue weighted by atomic mass is 9.80. The molecular weight excluding hydrogens is 971 g/mol. The zero-order valence-corrected chi connectivity index (χ0v) is 39.3. The fourth-order valence-corrected chi connectivity index (χ4v) is 8.54. The Hall–Kier alpha value is -8.53. The second-order valence-electron chi connectivity index (χ2n) is 16.9. The molecule has 2 fully saturated rings. The number of amides is 6. The third-order valence-electron chi connectivity index (χ3n) is 12.1. The van der Waals surface area contributed by atoms with Crippen molar-refractivity contribution < 1.29 is 48.4 Å². The number of nitrogens with zero attached hydrogens (tertiary/aromatic N) is 6. The van der Waals surface area contributed by atoms with Crippen LogP contribution in [0.3, 0.4) is 0 Å². The van der Waals surface area contributed by atoms with Crippen molar-refractivity contribution in [3.63, 3.8) is 0 Å². The molecule has 0 aliphatic carbocycles. The number of ketones is 2. The maximum absolute atomic E-state index is 13.0. The maximum atomic E-state index is 13.0. The van der Waals surface area contributed by atoms with Gasteiger partial charge in [-0.05, 0) is 80.2 Å². The fourth-order valence-electron chi connectivity index (χ4n) is 8.40. The molecule has 2 saturated heterocycles. The molecule has 22 heteroatoms. The standard InChI is InChI=1S/C25H21N5O4.C17H14ClN5O3.C8H9BO3.2CH4/c1-14(31)15-5-7-16(8-6-15)23-26-12-11-21(28-23)27-19-4-2-3-17-18(19)13-30(25(17)34)20-9-10-22(32)29-24(20)33;18-17-19-7-6-13(21-17)20-11-3-1-2-9-10(11)8-23(16(9)26)12-4-5-14(24)22-15(12)25;1-6(10)7-2-4-8(5-3-7)9(11)12;;/h2-8,11-12,20H,9-10,13H2,1H3,(H,26,27,28)(H,29,32,33);1-3,6-7,12H,4-5,8H2,(H,19,20,21)(H,22,24,25);2-5,11-12H,1H3;2*1H4. The highest BCUT2D eigenvalue weighted by molar-refractivity contribution is 6.58. The van der Waals surface area contributed by atoms with Gasteiger partial charge in [0, 0.05) is 88.6 Å². The summed E-state index contributed by atoms with van der Waals surface area (Å²) in [7, 11) is -1.47. The van der Waals surface area contributed by atoms with Gasteiger partial charge in [0.2, 0.25) is 28.9 Å². The van der Waals surface area contributed by atoms with Gasteiger partial charge in [-0.3, -0.25) is 49.0 Å². The Morgan fingerprint density at radius 1 is 0.622 bits per heavy atom. The van der Waals surface area contributed by atoms with E-state index < -0.39 is 31.0 Å². The summed E-state index contributed by atoms with van der Waals surface area (Å²) in [5, 5.41) is 28.6. The van der Waals surface area contributed by atoms with E-state index in [4.69, 9.17) is 21.6 Å². The number of hydrogen-bond acceptors (Lipinski definition) is 16. The minimum atomic E-state index is -1.47. The first-order valence-electron chi connectivity index (χ1n) is 22.5. The van der Waals surface area contributed by atoms with E-state index in [9.17, 15) is 38.4 Å². The highest BCUT2D eigenvalue weighted by Crippen LogP contribution is 2.35. The van der Waals surface area contributed by atoms with Crippen molar-refractivity contribution in [2.45, 2.75) is 79.6 Å². The van der Waals surface area contributed by atoms with Crippen molar-refractivity contribution in [3.8, 4) is 11.4 Å². The largest absolute Gasteiger partial charge is 0.488 e. The second kappa shape index (κ2) is 23.8. The molecule has 6 aromatic rings. The Morgan fingerprint density at radius 2 is 1.07 bits per heavy atom. The van der Waals surface area contributed by atoms with Crippen LogP contribution in [-0.4, -0.2) is 106 Å². The van der Waals surface area contributed by atoms with E-state index in [-0.39, 0.29) is 81.3 Å². The van der Waals surface area contributed by atoms with E-state index in [1.807, 2.05) is 12.1 Å². The third-order valence-corrected chi connectivity index (χ3v) is 12.3. The molecular formula is C52H52BClN10O10. The van der Waals surface area contributed by atoms with Crippen LogP contribution in [0.2, 0.25) is 5.28 Å². The first-order chi connectivity index (χ1) is 34.5. The minimum Gasteiger partial charge on any atom is -0.423 e. The molecule has 0 spiro atoms. The molecule has 6 heterocycles. The number of fused-ring (bicyclic) bond motifs is 2. The fraction of sp³-hybridized carbons (Fsp3) is 0.231. The van der Waals surface area contributed by atoms with Gasteiger partial charge in [-0.15, -0.1) is 0 Å². The zero-order valence-electron chi connectivity index (χ0n) is 38.6. The monoisotopic (exact) mass is 1020 g/mol. The molecule has 0 saturated carbocycles. The predicted octanol–water partition coefficient (Wildman–Crippen LogP) is 5.33. The Morgan fingerprint density at radius 3 is 1.50 bits per heavy atom. The molecule has 74 heavy (non-hydrogen) atoms. The van der Waals surface area contributed by atoms with Crippen LogP contribution in [0.5, 0.6) is 0 Å². The first-order valence-corrected chi connectivity index (χ1v) is 22.9. The number of aromatic nitrogens is 4. The lowest BCUT2D eigenvalue weighted by molar-refractivity contribution is -0.138. The average molecular weight is 1020 g/mol. The number of Topliss-reactive ketones (excluding diaryl/α,β-unsaturated/α-hetero) is 2. The average Bonchev–Trinajstić information content (AvgIpc) is 3.88. The number of carbonyl (C=O) groups is 8. The van der Waals surface area contributed by atoms with Crippen molar-refractivity contribution in [2.24, 2.45) is 0 Å². The highest BCUT2D eigenvalue weighted by Gasteiger charge is 2.41. The normalized spacial score (nSPS) is 16.3. The van der Waals surface area contributed by atoms with E-state index in [1.54, 1.807) is 79.0 Å². The molecule has 6 N–H and O–H groups in total. The van der Waals surface area contributed by atoms with Crippen LogP contribution in [0, 0.1) is 0 Å². The van der Waals surface area contributed by atoms with Gasteiger partial charge in [0.1, 0.15) is 23.7 Å². The van der Waals surface area contributed by atoms with Gasteiger partial charge in [0.15, 0.2) is 17.4 Å². The molecule has 0 radical (unpaired) electrons. The molecule has 4 aromatic carbocycles. The van der Waals surface area contributed by atoms with E-state index >= 15 is 0 Å². The van der Waals surface area contributed by atoms with Gasteiger partial charge in [-0.25, -0.2) is 19.9 Å². The number of imide groups is 2. The summed E-state index contributed by atoms with van der Waals surface area (Å²) < 4.78 is 0. The number of hydrogen-bond donors (Lipinski definition) is 6. The Kier molecular flexibility index (Phi) is 17.6. The summed E-state index contributed by atoms with van der Waals surface area (Å²) in [6.07, 6.45) is 4.23. The summed E-state index contributed by atoms with van der Waals surface area (Å²) in [5.41, 5.74) is 6.34. The number of halogens is 1. The molecule has 0 bridgehead atoms. The zero-order chi connectivity index (χ0) is 51.2. The number of nitrogens with one attached hydrogen (secondary N) is 4. The third kappa shape index (κ3) is 12.4. The number of rotatable bonds is 10. The molecule has 4 aliphatic rings. The summed E-state index contributed by atoms with van der Waals surface area (Å²) in [6.45, 7) is 3.52. The number of anilines is 4. The molecule has 10 rings (SSSR count). The van der Waals surface area contributed by atoms with Gasteiger partial charge in [0.25, 0.3) is 11.8 Å². The van der Waals surface area contributed by atoms with Gasteiger partial charge in [-0.2, -0.15) is 0 Å². The topological polar surface area (TPSA) is 283 Å². The Bertz CT molecular complexity index is 3160. The molecule has 380 valence electrons. The molecule has 2 atom stereocenters.